The summed E-state index contributed by atoms with van der Waals surface area (Å²) in [5.41, 5.74) is 0. The molecule has 0 bridgehead atoms. The van der Waals surface area contributed by atoms with Gasteiger partial charge in [0.25, 0.3) is 0 Å². The first kappa shape index (κ1) is 22.0. The van der Waals surface area contributed by atoms with Gasteiger partial charge in [-0.1, -0.05) is 39.0 Å². The third kappa shape index (κ3) is 14.9. The van der Waals surface area contributed by atoms with Crippen molar-refractivity contribution in [3.05, 3.63) is 0 Å². The molecule has 0 fully saturated rings. The van der Waals surface area contributed by atoms with E-state index >= 15 is 0 Å². The molecule has 0 aromatic carbocycles. The highest BCUT2D eigenvalue weighted by molar-refractivity contribution is 6.70. The quantitative estimate of drug-likeness (QED) is 0.243. The molecular weight excluding hydrogens is 308 g/mol. The number of carbonyl (C=O) groups is 1. The Balaban J connectivity index is 4.15. The van der Waals surface area contributed by atoms with Crippen molar-refractivity contribution in [2.45, 2.75) is 104 Å². The van der Waals surface area contributed by atoms with Crippen molar-refractivity contribution >= 4 is 22.4 Å². The lowest BCUT2D eigenvalue weighted by molar-refractivity contribution is -0.125. The van der Waals surface area contributed by atoms with Gasteiger partial charge in [0.1, 0.15) is 12.1 Å². The van der Waals surface area contributed by atoms with E-state index in [4.69, 9.17) is 8.85 Å². The van der Waals surface area contributed by atoms with E-state index in [2.05, 4.69) is 46.2 Å². The zero-order valence-corrected chi connectivity index (χ0v) is 18.0. The van der Waals surface area contributed by atoms with Crippen LogP contribution in [0.4, 0.5) is 0 Å². The Morgan fingerprint density at radius 2 is 1.27 bits per heavy atom. The van der Waals surface area contributed by atoms with Crippen LogP contribution in [0.25, 0.3) is 0 Å². The maximum Gasteiger partial charge on any atom is 0.187 e. The molecule has 0 aliphatic carbocycles. The highest BCUT2D eigenvalue weighted by Gasteiger charge is 2.28. The lowest BCUT2D eigenvalue weighted by Crippen LogP contribution is -2.41. The Morgan fingerprint density at radius 1 is 0.818 bits per heavy atom. The lowest BCUT2D eigenvalue weighted by Gasteiger charge is -2.31. The van der Waals surface area contributed by atoms with Gasteiger partial charge in [-0.15, -0.1) is 0 Å². The number of ketones is 1. The molecule has 0 saturated carbocycles. The maximum atomic E-state index is 12.2. The molecule has 0 spiro atoms. The molecule has 5 heteroatoms. The lowest BCUT2D eigenvalue weighted by atomic mass is 10.1. The van der Waals surface area contributed by atoms with Crippen LogP contribution in [-0.2, 0) is 13.6 Å². The van der Waals surface area contributed by atoms with E-state index in [9.17, 15) is 4.79 Å². The van der Waals surface area contributed by atoms with Crippen LogP contribution in [0, 0.1) is 0 Å². The predicted octanol–water partition coefficient (Wildman–Crippen LogP) is 5.73. The average molecular weight is 347 g/mol. The van der Waals surface area contributed by atoms with Crippen LogP contribution in [0.3, 0.4) is 0 Å². The van der Waals surface area contributed by atoms with Gasteiger partial charge in [0.2, 0.25) is 0 Å². The van der Waals surface area contributed by atoms with Crippen molar-refractivity contribution < 1.29 is 13.6 Å². The maximum absolute atomic E-state index is 12.2. The number of unbranched alkanes of at least 4 members (excludes halogenated alkanes) is 5. The second kappa shape index (κ2) is 10.7. The van der Waals surface area contributed by atoms with Crippen molar-refractivity contribution in [3.63, 3.8) is 0 Å². The Morgan fingerprint density at radius 3 is 1.73 bits per heavy atom. The largest absolute Gasteiger partial charge is 0.393 e. The van der Waals surface area contributed by atoms with E-state index in [0.717, 1.165) is 6.42 Å². The van der Waals surface area contributed by atoms with E-state index in [1.165, 1.54) is 32.1 Å². The normalized spacial score (nSPS) is 12.9. The van der Waals surface area contributed by atoms with E-state index in [0.29, 0.717) is 12.8 Å². The first-order valence-corrected chi connectivity index (χ1v) is 15.7. The average Bonchev–Trinajstić information content (AvgIpc) is 2.29. The molecule has 0 amide bonds. The third-order valence-electron chi connectivity index (χ3n) is 3.17. The highest BCUT2D eigenvalue weighted by Crippen LogP contribution is 2.18. The van der Waals surface area contributed by atoms with E-state index in [-0.39, 0.29) is 12.1 Å². The van der Waals surface area contributed by atoms with Crippen LogP contribution in [0.2, 0.25) is 39.3 Å². The number of hydrogen-bond acceptors (Lipinski definition) is 3. The Bertz CT molecular complexity index is 290. The molecule has 0 aromatic rings. The second-order valence-electron chi connectivity index (χ2n) is 8.15. The van der Waals surface area contributed by atoms with E-state index in [1.807, 2.05) is 0 Å². The minimum atomic E-state index is -1.70. The summed E-state index contributed by atoms with van der Waals surface area (Å²) in [5, 5.41) is 0. The zero-order chi connectivity index (χ0) is 17.2. The van der Waals surface area contributed by atoms with Gasteiger partial charge in [-0.3, -0.25) is 4.79 Å². The topological polar surface area (TPSA) is 35.5 Å². The van der Waals surface area contributed by atoms with Gasteiger partial charge in [0.15, 0.2) is 16.6 Å². The van der Waals surface area contributed by atoms with Gasteiger partial charge in [0, 0.05) is 6.42 Å². The fourth-order valence-corrected chi connectivity index (χ4v) is 4.22. The molecule has 3 nitrogen and oxygen atoms in total. The molecule has 0 saturated heterocycles. The SMILES string of the molecule is CCCCCCCCC(=O)CC(O[Si](C)(C)C)O[Si](C)(C)C. The smallest absolute Gasteiger partial charge is 0.187 e. The van der Waals surface area contributed by atoms with Gasteiger partial charge >= 0.3 is 0 Å². The Labute approximate surface area is 140 Å². The molecule has 0 atom stereocenters. The minimum Gasteiger partial charge on any atom is -0.393 e. The highest BCUT2D eigenvalue weighted by atomic mass is 28.4. The molecule has 0 N–H and O–H groups in total. The monoisotopic (exact) mass is 346 g/mol. The fourth-order valence-electron chi connectivity index (χ4n) is 2.29. The molecule has 132 valence electrons. The van der Waals surface area contributed by atoms with Crippen molar-refractivity contribution in [3.8, 4) is 0 Å². The van der Waals surface area contributed by atoms with Crippen LogP contribution in [-0.4, -0.2) is 28.7 Å². The number of carbonyl (C=O) groups excluding carboxylic acids is 1. The van der Waals surface area contributed by atoms with Gasteiger partial charge in [-0.25, -0.2) is 0 Å². The first-order valence-electron chi connectivity index (χ1n) is 8.91. The molecule has 0 heterocycles. The van der Waals surface area contributed by atoms with Gasteiger partial charge in [-0.2, -0.15) is 0 Å². The van der Waals surface area contributed by atoms with Crippen molar-refractivity contribution in [1.29, 1.82) is 0 Å². The molecule has 0 aromatic heterocycles. The predicted molar refractivity (Wildman–Crippen MR) is 100 cm³/mol. The summed E-state index contributed by atoms with van der Waals surface area (Å²) in [6, 6.07) is 0. The van der Waals surface area contributed by atoms with Crippen molar-refractivity contribution in [1.82, 2.24) is 0 Å². The summed E-state index contributed by atoms with van der Waals surface area (Å²) >= 11 is 0. The minimum absolute atomic E-state index is 0.289. The van der Waals surface area contributed by atoms with E-state index in [1.54, 1.807) is 0 Å². The Hall–Kier alpha value is 0.0238. The molecule has 0 unspecified atom stereocenters. The van der Waals surface area contributed by atoms with Crippen LogP contribution in [0.1, 0.15) is 58.3 Å². The standard InChI is InChI=1S/C17H38O3Si2/c1-8-9-10-11-12-13-14-16(18)15-17(19-21(2,3)4)20-22(5,6)7/h17H,8-15H2,1-7H3. The number of rotatable bonds is 13. The van der Waals surface area contributed by atoms with Gasteiger partial charge < -0.3 is 8.85 Å². The number of hydrogen-bond donors (Lipinski definition) is 0. The molecule has 0 rings (SSSR count). The molecule has 22 heavy (non-hydrogen) atoms. The second-order valence-corrected chi connectivity index (χ2v) is 17.1. The van der Waals surface area contributed by atoms with E-state index < -0.39 is 16.6 Å². The molecule has 0 aliphatic rings. The summed E-state index contributed by atoms with van der Waals surface area (Å²) in [6.45, 7) is 15.1. The van der Waals surface area contributed by atoms with Crippen molar-refractivity contribution in [2.24, 2.45) is 0 Å². The van der Waals surface area contributed by atoms with Crippen molar-refractivity contribution in [2.75, 3.05) is 0 Å². The molecule has 0 radical (unpaired) electrons. The Kier molecular flexibility index (Phi) is 10.7. The van der Waals surface area contributed by atoms with Crippen LogP contribution in [0.5, 0.6) is 0 Å². The fraction of sp³-hybridized carbons (Fsp3) is 0.941. The van der Waals surface area contributed by atoms with Crippen LogP contribution in [0.15, 0.2) is 0 Å². The summed E-state index contributed by atoms with van der Waals surface area (Å²) in [4.78, 5) is 12.2. The summed E-state index contributed by atoms with van der Waals surface area (Å²) in [5.74, 6) is 0.289. The van der Waals surface area contributed by atoms with Gasteiger partial charge in [0.05, 0.1) is 6.42 Å². The molecule has 0 aliphatic heterocycles. The zero-order valence-electron chi connectivity index (χ0n) is 16.0. The van der Waals surface area contributed by atoms with Crippen LogP contribution < -0.4 is 0 Å². The number of Topliss-reactive ketones (excluding diaryl/α,β-unsaturated/α-hetero) is 1. The summed E-state index contributed by atoms with van der Waals surface area (Å²) in [7, 11) is -3.39. The summed E-state index contributed by atoms with van der Waals surface area (Å²) in [6.07, 6.45) is 8.07. The summed E-state index contributed by atoms with van der Waals surface area (Å²) < 4.78 is 12.1. The van der Waals surface area contributed by atoms with Crippen LogP contribution >= 0.6 is 0 Å². The third-order valence-corrected chi connectivity index (χ3v) is 5.11. The first-order chi connectivity index (χ1) is 10.0. The van der Waals surface area contributed by atoms with Gasteiger partial charge in [-0.05, 0) is 45.7 Å². The molecular formula is C17H38O3Si2.